The van der Waals surface area contributed by atoms with Gasteiger partial charge in [0.05, 0.1) is 31.8 Å². The number of hydrogen-bond donors (Lipinski definition) is 5. The Bertz CT molecular complexity index is 1240. The van der Waals surface area contributed by atoms with Crippen molar-refractivity contribution in [3.63, 3.8) is 0 Å². The monoisotopic (exact) mass is 489 g/mol. The van der Waals surface area contributed by atoms with Gasteiger partial charge in [0.25, 0.3) is 11.4 Å². The van der Waals surface area contributed by atoms with Gasteiger partial charge in [0.1, 0.15) is 5.69 Å². The number of anilines is 4. The first kappa shape index (κ1) is 25.7. The number of halogens is 1. The van der Waals surface area contributed by atoms with Crippen LogP contribution in [0.1, 0.15) is 17.3 Å². The number of phenolic OH excluding ortho intramolecular Hbond substituents is 1. The molecule has 0 aliphatic heterocycles. The number of nitrogens with two attached hydrogens (primary N) is 1. The molecule has 34 heavy (non-hydrogen) atoms. The molecule has 0 radical (unpaired) electrons. The van der Waals surface area contributed by atoms with Crippen LogP contribution in [0, 0.1) is 20.2 Å². The summed E-state index contributed by atoms with van der Waals surface area (Å²) in [6, 6.07) is 12.7. The fraction of sp³-hybridized carbons (Fsp3) is 0.0952. The fourth-order valence-electron chi connectivity index (χ4n) is 2.74. The molecule has 0 fully saturated rings. The minimum atomic E-state index is -1.12. The number of carbonyl (C=O) groups is 1. The summed E-state index contributed by atoms with van der Waals surface area (Å²) in [5.41, 5.74) is 6.15. The molecule has 3 aromatic carbocycles. The summed E-state index contributed by atoms with van der Waals surface area (Å²) in [5.74, 6) is -1.29. The van der Waals surface area contributed by atoms with E-state index in [1.165, 1.54) is 36.4 Å². The van der Waals surface area contributed by atoms with Crippen LogP contribution in [0.3, 0.4) is 0 Å². The van der Waals surface area contributed by atoms with Crippen LogP contribution in [0.2, 0.25) is 5.02 Å². The van der Waals surface area contributed by atoms with Gasteiger partial charge in [-0.15, -0.1) is 0 Å². The minimum absolute atomic E-state index is 0.0265. The third-order valence-corrected chi connectivity index (χ3v) is 4.56. The molecular weight excluding hydrogens is 470 g/mol. The molecule has 0 spiro atoms. The number of hydrogen-bond acceptors (Lipinski definition) is 9. The Hall–Kier alpha value is -4.58. The largest absolute Gasteiger partial charge is 0.504 e. The molecule has 12 nitrogen and oxygen atoms in total. The number of nitro groups is 2. The highest BCUT2D eigenvalue weighted by atomic mass is 35.5. The van der Waals surface area contributed by atoms with Crippen LogP contribution >= 0.6 is 11.6 Å². The molecule has 3 rings (SSSR count). The Balaban J connectivity index is 0.000000257. The molecule has 0 aliphatic carbocycles. The van der Waals surface area contributed by atoms with E-state index in [1.54, 1.807) is 12.1 Å². The molecule has 0 bridgehead atoms. The average molecular weight is 490 g/mol. The number of benzene rings is 3. The lowest BCUT2D eigenvalue weighted by atomic mass is 10.1. The number of aromatic carboxylic acids is 1. The highest BCUT2D eigenvalue weighted by molar-refractivity contribution is 6.32. The molecule has 0 aliphatic rings. The first-order valence-electron chi connectivity index (χ1n) is 9.59. The summed E-state index contributed by atoms with van der Waals surface area (Å²) in [6.45, 7) is 2.36. The van der Waals surface area contributed by atoms with Crippen molar-refractivity contribution in [2.24, 2.45) is 0 Å². The van der Waals surface area contributed by atoms with Gasteiger partial charge in [-0.3, -0.25) is 20.2 Å². The Morgan fingerprint density at radius 1 is 1.03 bits per heavy atom. The Labute approximate surface area is 197 Å². The Morgan fingerprint density at radius 3 is 2.29 bits per heavy atom. The summed E-state index contributed by atoms with van der Waals surface area (Å²) in [4.78, 5) is 31.4. The van der Waals surface area contributed by atoms with Gasteiger partial charge in [-0.2, -0.15) is 0 Å². The predicted octanol–water partition coefficient (Wildman–Crippen LogP) is 5.00. The van der Waals surface area contributed by atoms with Crippen LogP contribution in [0.4, 0.5) is 34.1 Å². The van der Waals surface area contributed by atoms with E-state index in [0.29, 0.717) is 6.54 Å². The summed E-state index contributed by atoms with van der Waals surface area (Å²) in [6.07, 6.45) is 0. The van der Waals surface area contributed by atoms with Crippen molar-refractivity contribution in [3.05, 3.63) is 85.4 Å². The number of carboxylic acid groups (broad SMARTS) is 1. The van der Waals surface area contributed by atoms with Crippen molar-refractivity contribution in [1.29, 1.82) is 0 Å². The van der Waals surface area contributed by atoms with E-state index in [4.69, 9.17) is 22.4 Å². The molecule has 178 valence electrons. The predicted molar refractivity (Wildman–Crippen MR) is 128 cm³/mol. The molecule has 0 atom stereocenters. The van der Waals surface area contributed by atoms with Crippen LogP contribution < -0.4 is 16.4 Å². The summed E-state index contributed by atoms with van der Waals surface area (Å²) in [7, 11) is 0. The van der Waals surface area contributed by atoms with Gasteiger partial charge in [0, 0.05) is 30.4 Å². The van der Waals surface area contributed by atoms with Crippen molar-refractivity contribution in [1.82, 2.24) is 0 Å². The standard InChI is InChI=1S/C13H11N3O4.C8H9ClN2O3/c14-8-5-6-11(12(7-8)16(19)20)15-10-4-2-1-3-9(10)13(17)18;1-2-10-7-4-5(11(13)14)3-6(9)8(7)12/h1-7,15H,14H2,(H,17,18);3-4,10,12H,2H2,1H3. The topological polar surface area (TPSA) is 194 Å². The molecule has 6 N–H and O–H groups in total. The third kappa shape index (κ3) is 6.46. The van der Waals surface area contributed by atoms with E-state index in [0.717, 1.165) is 6.07 Å². The van der Waals surface area contributed by atoms with Gasteiger partial charge in [0.2, 0.25) is 0 Å². The van der Waals surface area contributed by atoms with Gasteiger partial charge >= 0.3 is 5.97 Å². The maximum Gasteiger partial charge on any atom is 0.337 e. The lowest BCUT2D eigenvalue weighted by Crippen LogP contribution is -2.04. The lowest BCUT2D eigenvalue weighted by Gasteiger charge is -2.10. The van der Waals surface area contributed by atoms with Crippen molar-refractivity contribution < 1.29 is 24.9 Å². The first-order chi connectivity index (χ1) is 16.0. The molecule has 0 aromatic heterocycles. The smallest absolute Gasteiger partial charge is 0.337 e. The highest BCUT2D eigenvalue weighted by Gasteiger charge is 2.17. The van der Waals surface area contributed by atoms with Crippen LogP contribution in [0.25, 0.3) is 0 Å². The number of nitrogen functional groups attached to an aromatic ring is 1. The van der Waals surface area contributed by atoms with Crippen molar-refractivity contribution in [3.8, 4) is 5.75 Å². The molecule has 0 heterocycles. The van der Waals surface area contributed by atoms with Crippen LogP contribution in [0.5, 0.6) is 5.75 Å². The molecule has 0 saturated heterocycles. The number of rotatable bonds is 7. The van der Waals surface area contributed by atoms with Gasteiger partial charge in [-0.25, -0.2) is 4.79 Å². The molecular formula is C21H20ClN5O7. The van der Waals surface area contributed by atoms with Crippen LogP contribution in [-0.2, 0) is 0 Å². The van der Waals surface area contributed by atoms with E-state index in [2.05, 4.69) is 10.6 Å². The fourth-order valence-corrected chi connectivity index (χ4v) is 2.96. The van der Waals surface area contributed by atoms with Gasteiger partial charge in [0.15, 0.2) is 5.75 Å². The number of nitrogens with one attached hydrogen (secondary N) is 2. The van der Waals surface area contributed by atoms with E-state index in [9.17, 15) is 30.1 Å². The number of carboxylic acids is 1. The van der Waals surface area contributed by atoms with Crippen LogP contribution in [-0.4, -0.2) is 32.6 Å². The second kappa shape index (κ2) is 11.3. The van der Waals surface area contributed by atoms with Crippen molar-refractivity contribution in [2.75, 3.05) is 22.9 Å². The highest BCUT2D eigenvalue weighted by Crippen LogP contribution is 2.35. The molecule has 0 saturated carbocycles. The van der Waals surface area contributed by atoms with Gasteiger partial charge in [-0.1, -0.05) is 23.7 Å². The number of nitrogens with zero attached hydrogens (tertiary/aromatic N) is 2. The molecule has 0 unspecified atom stereocenters. The zero-order chi connectivity index (χ0) is 25.4. The first-order valence-corrected chi connectivity index (χ1v) is 9.97. The van der Waals surface area contributed by atoms with Crippen LogP contribution in [0.15, 0.2) is 54.6 Å². The lowest BCUT2D eigenvalue weighted by molar-refractivity contribution is -0.384. The van der Waals surface area contributed by atoms with E-state index >= 15 is 0 Å². The normalized spacial score (nSPS) is 9.94. The maximum absolute atomic E-state index is 11.1. The van der Waals surface area contributed by atoms with E-state index < -0.39 is 15.8 Å². The average Bonchev–Trinajstić information content (AvgIpc) is 2.78. The zero-order valence-electron chi connectivity index (χ0n) is 17.7. The minimum Gasteiger partial charge on any atom is -0.504 e. The number of aromatic hydroxyl groups is 1. The summed E-state index contributed by atoms with van der Waals surface area (Å²) in [5, 5.41) is 45.4. The second-order valence-electron chi connectivity index (χ2n) is 6.62. The quantitative estimate of drug-likeness (QED) is 0.130. The number of phenols is 1. The maximum atomic E-state index is 11.1. The number of para-hydroxylation sites is 1. The molecule has 3 aromatic rings. The molecule has 0 amide bonds. The third-order valence-electron chi connectivity index (χ3n) is 4.27. The number of non-ortho nitro benzene ring substituents is 1. The Morgan fingerprint density at radius 2 is 1.71 bits per heavy atom. The van der Waals surface area contributed by atoms with Crippen molar-refractivity contribution >= 4 is 51.7 Å². The Kier molecular flexibility index (Phi) is 8.56. The van der Waals surface area contributed by atoms with Crippen molar-refractivity contribution in [2.45, 2.75) is 6.92 Å². The summed E-state index contributed by atoms with van der Waals surface area (Å²) >= 11 is 5.60. The van der Waals surface area contributed by atoms with E-state index in [1.807, 2.05) is 6.92 Å². The van der Waals surface area contributed by atoms with Gasteiger partial charge < -0.3 is 26.6 Å². The van der Waals surface area contributed by atoms with Gasteiger partial charge in [-0.05, 0) is 31.2 Å². The zero-order valence-corrected chi connectivity index (χ0v) is 18.4. The second-order valence-corrected chi connectivity index (χ2v) is 7.03. The van der Waals surface area contributed by atoms with E-state index in [-0.39, 0.29) is 50.5 Å². The molecule has 13 heteroatoms. The SMILES string of the molecule is CCNc1cc([N+](=O)[O-])cc(Cl)c1O.Nc1ccc(Nc2ccccc2C(=O)O)c([N+](=O)[O-])c1. The number of nitro benzene ring substituents is 2. The summed E-state index contributed by atoms with van der Waals surface area (Å²) < 4.78 is 0.